The number of ether oxygens (including phenoxy) is 2. The Morgan fingerprint density at radius 3 is 2.54 bits per heavy atom. The highest BCUT2D eigenvalue weighted by Crippen LogP contribution is 2.50. The van der Waals surface area contributed by atoms with Crippen molar-refractivity contribution in [1.82, 2.24) is 0 Å². The molecule has 0 radical (unpaired) electrons. The molecule has 0 saturated carbocycles. The summed E-state index contributed by atoms with van der Waals surface area (Å²) in [7, 11) is 1.66. The van der Waals surface area contributed by atoms with Gasteiger partial charge in [0.05, 0.1) is 25.1 Å². The third-order valence-electron chi connectivity index (χ3n) is 5.56. The van der Waals surface area contributed by atoms with Gasteiger partial charge in [-0.3, -0.25) is 4.79 Å². The number of methoxy groups -OCH3 is 1. The van der Waals surface area contributed by atoms with E-state index in [2.05, 4.69) is 26.8 Å². The number of carbonyl (C=O) groups excluding carboxylic acids is 1. The fraction of sp³-hybridized carbons (Fsp3) is 0.391. The van der Waals surface area contributed by atoms with E-state index in [0.717, 1.165) is 40.4 Å². The standard InChI is InChI=1S/C23H26N2O3/c1-6-28-16-9-7-15(8-10-16)24-20-19-12-17(27-5)11-18-14(2)13-23(3,4)25(21(18)19)22(20)26/h7-12,14H,6,13H2,1-5H3/t14-/m0/s1. The number of amides is 1. The molecule has 0 saturated heterocycles. The smallest absolute Gasteiger partial charge is 0.278 e. The van der Waals surface area contributed by atoms with Crippen molar-refractivity contribution >= 4 is 23.0 Å². The lowest BCUT2D eigenvalue weighted by Crippen LogP contribution is -2.50. The molecular weight excluding hydrogens is 352 g/mol. The zero-order valence-electron chi connectivity index (χ0n) is 17.1. The molecule has 5 heteroatoms. The largest absolute Gasteiger partial charge is 0.497 e. The second-order valence-electron chi connectivity index (χ2n) is 8.06. The quantitative estimate of drug-likeness (QED) is 0.764. The first-order chi connectivity index (χ1) is 13.4. The molecule has 0 unspecified atom stereocenters. The van der Waals surface area contributed by atoms with Crippen LogP contribution in [0.2, 0.25) is 0 Å². The summed E-state index contributed by atoms with van der Waals surface area (Å²) in [6.45, 7) is 9.02. The summed E-state index contributed by atoms with van der Waals surface area (Å²) in [5, 5.41) is 0. The lowest BCUT2D eigenvalue weighted by molar-refractivity contribution is -0.113. The van der Waals surface area contributed by atoms with Gasteiger partial charge in [-0.15, -0.1) is 0 Å². The van der Waals surface area contributed by atoms with Crippen LogP contribution in [0, 0.1) is 0 Å². The van der Waals surface area contributed by atoms with E-state index in [-0.39, 0.29) is 11.4 Å². The molecule has 2 heterocycles. The van der Waals surface area contributed by atoms with E-state index in [4.69, 9.17) is 14.5 Å². The van der Waals surface area contributed by atoms with Crippen molar-refractivity contribution in [2.75, 3.05) is 18.6 Å². The van der Waals surface area contributed by atoms with Crippen molar-refractivity contribution in [1.29, 1.82) is 0 Å². The maximum atomic E-state index is 13.4. The van der Waals surface area contributed by atoms with Crippen LogP contribution in [-0.4, -0.2) is 30.9 Å². The Kier molecular flexibility index (Phi) is 4.41. The van der Waals surface area contributed by atoms with Crippen LogP contribution in [0.15, 0.2) is 41.4 Å². The minimum absolute atomic E-state index is 0.0460. The monoisotopic (exact) mass is 378 g/mol. The molecule has 1 atom stereocenters. The maximum absolute atomic E-state index is 13.4. The molecule has 0 aliphatic carbocycles. The number of rotatable bonds is 4. The summed E-state index contributed by atoms with van der Waals surface area (Å²) < 4.78 is 11.0. The second kappa shape index (κ2) is 6.66. The molecule has 0 aromatic heterocycles. The van der Waals surface area contributed by atoms with Crippen LogP contribution >= 0.6 is 0 Å². The van der Waals surface area contributed by atoms with Crippen molar-refractivity contribution in [3.05, 3.63) is 47.5 Å². The number of anilines is 1. The highest BCUT2D eigenvalue weighted by Gasteiger charge is 2.48. The Morgan fingerprint density at radius 1 is 1.18 bits per heavy atom. The zero-order valence-corrected chi connectivity index (χ0v) is 17.1. The SMILES string of the molecule is CCOc1ccc(N=C2C(=O)N3c4c2cc(OC)cc4[C@@H](C)CC3(C)C)cc1. The van der Waals surface area contributed by atoms with E-state index in [1.165, 1.54) is 0 Å². The van der Waals surface area contributed by atoms with Crippen LogP contribution in [0.25, 0.3) is 0 Å². The minimum atomic E-state index is -0.261. The average molecular weight is 378 g/mol. The van der Waals surface area contributed by atoms with Gasteiger partial charge in [-0.2, -0.15) is 0 Å². The molecule has 0 bridgehead atoms. The summed E-state index contributed by atoms with van der Waals surface area (Å²) in [6.07, 6.45) is 0.898. The molecule has 2 aromatic carbocycles. The van der Waals surface area contributed by atoms with Crippen LogP contribution < -0.4 is 14.4 Å². The van der Waals surface area contributed by atoms with Gasteiger partial charge in [-0.1, -0.05) is 6.92 Å². The van der Waals surface area contributed by atoms with Crippen molar-refractivity contribution < 1.29 is 14.3 Å². The van der Waals surface area contributed by atoms with E-state index in [1.54, 1.807) is 7.11 Å². The van der Waals surface area contributed by atoms with Crippen LogP contribution in [0.5, 0.6) is 11.5 Å². The normalized spacial score (nSPS) is 21.0. The molecule has 4 rings (SSSR count). The van der Waals surface area contributed by atoms with E-state index in [0.29, 0.717) is 18.2 Å². The Morgan fingerprint density at radius 2 is 1.89 bits per heavy atom. The van der Waals surface area contributed by atoms with Crippen LogP contribution in [0.1, 0.15) is 51.2 Å². The summed E-state index contributed by atoms with van der Waals surface area (Å²) in [4.78, 5) is 20.1. The lowest BCUT2D eigenvalue weighted by Gasteiger charge is -2.43. The van der Waals surface area contributed by atoms with Crippen molar-refractivity contribution in [3.8, 4) is 11.5 Å². The van der Waals surface area contributed by atoms with Gasteiger partial charge in [-0.05, 0) is 75.1 Å². The van der Waals surface area contributed by atoms with Crippen LogP contribution in [-0.2, 0) is 4.79 Å². The van der Waals surface area contributed by atoms with E-state index in [9.17, 15) is 4.79 Å². The highest BCUT2D eigenvalue weighted by atomic mass is 16.5. The van der Waals surface area contributed by atoms with Gasteiger partial charge in [0.1, 0.15) is 17.2 Å². The fourth-order valence-electron chi connectivity index (χ4n) is 4.42. The molecule has 0 spiro atoms. The summed E-state index contributed by atoms with van der Waals surface area (Å²) in [5.41, 5.74) is 3.93. The topological polar surface area (TPSA) is 51.1 Å². The first kappa shape index (κ1) is 18.5. The van der Waals surface area contributed by atoms with Gasteiger partial charge in [0.2, 0.25) is 0 Å². The highest BCUT2D eigenvalue weighted by molar-refractivity contribution is 6.55. The van der Waals surface area contributed by atoms with E-state index in [1.807, 2.05) is 42.2 Å². The summed E-state index contributed by atoms with van der Waals surface area (Å²) in [6, 6.07) is 11.5. The third kappa shape index (κ3) is 2.86. The molecule has 28 heavy (non-hydrogen) atoms. The zero-order chi connectivity index (χ0) is 20.1. The third-order valence-corrected chi connectivity index (χ3v) is 5.56. The number of hydrogen-bond donors (Lipinski definition) is 0. The second-order valence-corrected chi connectivity index (χ2v) is 8.06. The molecular formula is C23H26N2O3. The number of hydrogen-bond acceptors (Lipinski definition) is 4. The predicted octanol–water partition coefficient (Wildman–Crippen LogP) is 4.85. The predicted molar refractivity (Wildman–Crippen MR) is 111 cm³/mol. The molecule has 146 valence electrons. The molecule has 2 aromatic rings. The molecule has 5 nitrogen and oxygen atoms in total. The van der Waals surface area contributed by atoms with Crippen molar-refractivity contribution in [3.63, 3.8) is 0 Å². The van der Waals surface area contributed by atoms with Gasteiger partial charge < -0.3 is 14.4 Å². The molecule has 2 aliphatic heterocycles. The van der Waals surface area contributed by atoms with Gasteiger partial charge >= 0.3 is 0 Å². The van der Waals surface area contributed by atoms with Crippen LogP contribution in [0.3, 0.4) is 0 Å². The molecule has 0 fully saturated rings. The lowest BCUT2D eigenvalue weighted by atomic mass is 9.80. The van der Waals surface area contributed by atoms with Gasteiger partial charge in [0.25, 0.3) is 5.91 Å². The molecule has 0 N–H and O–H groups in total. The first-order valence-electron chi connectivity index (χ1n) is 9.74. The Hall–Kier alpha value is -2.82. The van der Waals surface area contributed by atoms with E-state index >= 15 is 0 Å². The summed E-state index contributed by atoms with van der Waals surface area (Å²) in [5.74, 6) is 1.85. The molecule has 2 aliphatic rings. The number of benzene rings is 2. The van der Waals surface area contributed by atoms with E-state index < -0.39 is 0 Å². The Bertz CT molecular complexity index is 961. The number of aliphatic imine (C=N–C) groups is 1. The summed E-state index contributed by atoms with van der Waals surface area (Å²) >= 11 is 0. The maximum Gasteiger partial charge on any atom is 0.278 e. The van der Waals surface area contributed by atoms with Crippen molar-refractivity contribution in [2.24, 2.45) is 4.99 Å². The van der Waals surface area contributed by atoms with Gasteiger partial charge in [0.15, 0.2) is 0 Å². The average Bonchev–Trinajstić information content (AvgIpc) is 2.94. The van der Waals surface area contributed by atoms with Crippen molar-refractivity contribution in [2.45, 2.75) is 45.6 Å². The van der Waals surface area contributed by atoms with Gasteiger partial charge in [0, 0.05) is 11.1 Å². The van der Waals surface area contributed by atoms with Crippen LogP contribution in [0.4, 0.5) is 11.4 Å². The Labute approximate surface area is 166 Å². The minimum Gasteiger partial charge on any atom is -0.497 e. The first-order valence-corrected chi connectivity index (χ1v) is 9.74. The number of nitrogens with zero attached hydrogens (tertiary/aromatic N) is 2. The molecule has 1 amide bonds. The fourth-order valence-corrected chi connectivity index (χ4v) is 4.42. The number of carbonyl (C=O) groups is 1. The van der Waals surface area contributed by atoms with Gasteiger partial charge in [-0.25, -0.2) is 4.99 Å². The Balaban J connectivity index is 1.86.